The van der Waals surface area contributed by atoms with Crippen molar-refractivity contribution in [1.82, 2.24) is 29.9 Å². The minimum absolute atomic E-state index is 0.840. The smallest absolute Gasteiger partial charge is 0.140 e. The Morgan fingerprint density at radius 1 is 0.327 bits per heavy atom. The summed E-state index contributed by atoms with van der Waals surface area (Å²) < 4.78 is 0. The molecule has 0 radical (unpaired) electrons. The highest BCUT2D eigenvalue weighted by molar-refractivity contribution is 5.96. The molecule has 6 aromatic carbocycles. The lowest BCUT2D eigenvalue weighted by Gasteiger charge is -2.07. The van der Waals surface area contributed by atoms with Crippen molar-refractivity contribution in [2.45, 2.75) is 0 Å². The molecule has 10 rings (SSSR count). The molecule has 52 heavy (non-hydrogen) atoms. The minimum atomic E-state index is 0.840. The molecule has 6 heteroatoms. The van der Waals surface area contributed by atoms with E-state index in [0.29, 0.717) is 0 Å². The van der Waals surface area contributed by atoms with Gasteiger partial charge in [0.25, 0.3) is 0 Å². The van der Waals surface area contributed by atoms with Crippen LogP contribution >= 0.6 is 0 Å². The van der Waals surface area contributed by atoms with E-state index in [4.69, 9.17) is 9.97 Å². The maximum absolute atomic E-state index is 5.18. The molecule has 0 saturated heterocycles. The summed E-state index contributed by atoms with van der Waals surface area (Å²) in [6.45, 7) is 0. The summed E-state index contributed by atoms with van der Waals surface area (Å²) in [5.74, 6) is 1.68. The van der Waals surface area contributed by atoms with Crippen molar-refractivity contribution < 1.29 is 0 Å². The normalized spacial score (nSPS) is 11.5. The standard InChI is InChI=1S/C46H32N6/c1-3-11-31(12-4-1)41-43(51-45(49-41)37-27-47-39-17-9-7-15-35(37)39)33-23-19-29(20-24-33)30-21-25-34(26-22-30)44-42(32-13-5-2-6-14-32)50-46(52-44)38-28-48-40-18-10-8-16-36(38)40/h1-28,47-48H,(H,49,51)(H,50,52). The second kappa shape index (κ2) is 12.3. The van der Waals surface area contributed by atoms with Gasteiger partial charge in [0.2, 0.25) is 0 Å². The number of aromatic amines is 4. The molecule has 0 bridgehead atoms. The van der Waals surface area contributed by atoms with Gasteiger partial charge in [0.1, 0.15) is 11.6 Å². The third-order valence-corrected chi connectivity index (χ3v) is 9.87. The van der Waals surface area contributed by atoms with Crippen molar-refractivity contribution in [3.8, 4) is 78.9 Å². The van der Waals surface area contributed by atoms with E-state index >= 15 is 0 Å². The Balaban J connectivity index is 0.995. The van der Waals surface area contributed by atoms with Crippen molar-refractivity contribution in [2.75, 3.05) is 0 Å². The van der Waals surface area contributed by atoms with Crippen LogP contribution in [0, 0.1) is 0 Å². The van der Waals surface area contributed by atoms with Crippen LogP contribution in [0.25, 0.3) is 101 Å². The maximum atomic E-state index is 5.18. The van der Waals surface area contributed by atoms with Gasteiger partial charge in [-0.25, -0.2) is 9.97 Å². The highest BCUT2D eigenvalue weighted by atomic mass is 15.0. The van der Waals surface area contributed by atoms with Crippen molar-refractivity contribution >= 4 is 21.8 Å². The molecule has 6 nitrogen and oxygen atoms in total. The van der Waals surface area contributed by atoms with E-state index in [1.165, 1.54) is 0 Å². The summed E-state index contributed by atoms with van der Waals surface area (Å²) in [7, 11) is 0. The number of rotatable bonds is 7. The van der Waals surface area contributed by atoms with E-state index in [1.54, 1.807) is 0 Å². The van der Waals surface area contributed by atoms with Crippen molar-refractivity contribution in [1.29, 1.82) is 0 Å². The number of aromatic nitrogens is 6. The quantitative estimate of drug-likeness (QED) is 0.136. The Bertz CT molecular complexity index is 2620. The Morgan fingerprint density at radius 2 is 0.692 bits per heavy atom. The Morgan fingerprint density at radius 3 is 1.12 bits per heavy atom. The van der Waals surface area contributed by atoms with Crippen LogP contribution in [0.1, 0.15) is 0 Å². The summed E-state index contributed by atoms with van der Waals surface area (Å²) in [6.07, 6.45) is 4.06. The van der Waals surface area contributed by atoms with Crippen LogP contribution in [-0.2, 0) is 0 Å². The number of imidazole rings is 2. The van der Waals surface area contributed by atoms with Crippen LogP contribution < -0.4 is 0 Å². The van der Waals surface area contributed by atoms with Crippen LogP contribution in [0.4, 0.5) is 0 Å². The fourth-order valence-corrected chi connectivity index (χ4v) is 7.22. The van der Waals surface area contributed by atoms with Gasteiger partial charge in [0, 0.05) is 67.6 Å². The molecule has 4 aromatic heterocycles. The lowest BCUT2D eigenvalue weighted by molar-refractivity contribution is 1.31. The van der Waals surface area contributed by atoms with E-state index in [9.17, 15) is 0 Å². The SMILES string of the molecule is c1ccc(-c2[nH]c(-c3c[nH]c4ccccc34)nc2-c2ccc(-c3ccc(-c4nc(-c5c[nH]c6ccccc56)[nH]c4-c4ccccc4)cc3)cc2)cc1. The molecule has 0 aliphatic carbocycles. The van der Waals surface area contributed by atoms with Gasteiger partial charge in [-0.1, -0.05) is 146 Å². The maximum Gasteiger partial charge on any atom is 0.140 e. The molecule has 4 N–H and O–H groups in total. The summed E-state index contributed by atoms with van der Waals surface area (Å²) in [5.41, 5.74) is 14.7. The van der Waals surface area contributed by atoms with E-state index in [2.05, 4.69) is 153 Å². The van der Waals surface area contributed by atoms with Crippen LogP contribution in [0.2, 0.25) is 0 Å². The summed E-state index contributed by atoms with van der Waals surface area (Å²) >= 11 is 0. The molecule has 4 heterocycles. The van der Waals surface area contributed by atoms with Gasteiger partial charge in [0.15, 0.2) is 0 Å². The minimum Gasteiger partial charge on any atom is -0.360 e. The van der Waals surface area contributed by atoms with Gasteiger partial charge in [-0.15, -0.1) is 0 Å². The first kappa shape index (κ1) is 29.7. The third kappa shape index (κ3) is 5.13. The molecular formula is C46H32N6. The number of benzene rings is 6. The van der Waals surface area contributed by atoms with Gasteiger partial charge in [-0.3, -0.25) is 0 Å². The van der Waals surface area contributed by atoms with Gasteiger partial charge in [-0.2, -0.15) is 0 Å². The fraction of sp³-hybridized carbons (Fsp3) is 0. The number of nitrogens with one attached hydrogen (secondary N) is 4. The number of para-hydroxylation sites is 2. The molecule has 0 aliphatic heterocycles. The Hall–Kier alpha value is -7.18. The summed E-state index contributed by atoms with van der Waals surface area (Å²) in [5, 5.41) is 2.28. The van der Waals surface area contributed by atoms with E-state index in [0.717, 1.165) is 101 Å². The molecule has 10 aromatic rings. The zero-order valence-electron chi connectivity index (χ0n) is 28.1. The summed E-state index contributed by atoms with van der Waals surface area (Å²) in [4.78, 5) is 24.5. The first-order valence-electron chi connectivity index (χ1n) is 17.4. The van der Waals surface area contributed by atoms with Crippen LogP contribution in [0.3, 0.4) is 0 Å². The van der Waals surface area contributed by atoms with Crippen LogP contribution in [0.5, 0.6) is 0 Å². The predicted octanol–water partition coefficient (Wildman–Crippen LogP) is 11.8. The number of hydrogen-bond acceptors (Lipinski definition) is 2. The Kier molecular flexibility index (Phi) is 7.03. The zero-order valence-corrected chi connectivity index (χ0v) is 28.1. The van der Waals surface area contributed by atoms with E-state index in [1.807, 2.05) is 36.7 Å². The summed E-state index contributed by atoms with van der Waals surface area (Å²) in [6, 6.07) is 54.8. The second-order valence-corrected chi connectivity index (χ2v) is 13.0. The van der Waals surface area contributed by atoms with E-state index < -0.39 is 0 Å². The highest BCUT2D eigenvalue weighted by Crippen LogP contribution is 2.38. The molecule has 0 fully saturated rings. The monoisotopic (exact) mass is 668 g/mol. The molecule has 0 saturated carbocycles. The number of nitrogens with zero attached hydrogens (tertiary/aromatic N) is 2. The third-order valence-electron chi connectivity index (χ3n) is 9.87. The van der Waals surface area contributed by atoms with Crippen LogP contribution in [-0.4, -0.2) is 29.9 Å². The van der Waals surface area contributed by atoms with Crippen molar-refractivity contribution in [3.63, 3.8) is 0 Å². The van der Waals surface area contributed by atoms with Crippen molar-refractivity contribution in [3.05, 3.63) is 170 Å². The molecular weight excluding hydrogens is 637 g/mol. The van der Waals surface area contributed by atoms with Gasteiger partial charge < -0.3 is 19.9 Å². The van der Waals surface area contributed by atoms with Gasteiger partial charge in [0.05, 0.1) is 22.8 Å². The first-order chi connectivity index (χ1) is 25.8. The largest absolute Gasteiger partial charge is 0.360 e. The van der Waals surface area contributed by atoms with Crippen LogP contribution in [0.15, 0.2) is 170 Å². The lowest BCUT2D eigenvalue weighted by Crippen LogP contribution is -1.86. The number of hydrogen-bond donors (Lipinski definition) is 4. The second-order valence-electron chi connectivity index (χ2n) is 13.0. The molecule has 0 aliphatic rings. The Labute approximate surface area is 299 Å². The van der Waals surface area contributed by atoms with Gasteiger partial charge in [-0.05, 0) is 23.3 Å². The molecule has 0 unspecified atom stereocenters. The van der Waals surface area contributed by atoms with E-state index in [-0.39, 0.29) is 0 Å². The predicted molar refractivity (Wildman–Crippen MR) is 212 cm³/mol. The number of fused-ring (bicyclic) bond motifs is 2. The molecule has 0 atom stereocenters. The number of H-pyrrole nitrogens is 4. The zero-order chi connectivity index (χ0) is 34.4. The molecule has 0 amide bonds. The molecule has 0 spiro atoms. The van der Waals surface area contributed by atoms with Gasteiger partial charge >= 0.3 is 0 Å². The highest BCUT2D eigenvalue weighted by Gasteiger charge is 2.19. The first-order valence-corrected chi connectivity index (χ1v) is 17.4. The topological polar surface area (TPSA) is 88.9 Å². The average molecular weight is 669 g/mol. The molecule has 246 valence electrons. The fourth-order valence-electron chi connectivity index (χ4n) is 7.22. The lowest BCUT2D eigenvalue weighted by atomic mass is 9.98. The average Bonchev–Trinajstić information content (AvgIpc) is 4.03. The van der Waals surface area contributed by atoms with Crippen molar-refractivity contribution in [2.24, 2.45) is 0 Å².